The van der Waals surface area contributed by atoms with Crippen molar-refractivity contribution in [2.45, 2.75) is 181 Å². The lowest BCUT2D eigenvalue weighted by Gasteiger charge is -2.64. The number of fused-ring (bicyclic) bond motifs is 4. The molecule has 9 rings (SSSR count). The van der Waals surface area contributed by atoms with Crippen LogP contribution in [0.4, 0.5) is 0 Å². The second kappa shape index (κ2) is 12.1. The van der Waals surface area contributed by atoms with Gasteiger partial charge in [0.1, 0.15) is 6.10 Å². The molecule has 14 atom stereocenters. The highest BCUT2D eigenvalue weighted by atomic mass is 16.7. The van der Waals surface area contributed by atoms with Crippen molar-refractivity contribution >= 4 is 0 Å². The second-order valence-electron chi connectivity index (χ2n) is 21.2. The van der Waals surface area contributed by atoms with Crippen LogP contribution in [0.15, 0.2) is 0 Å². The minimum Gasteiger partial charge on any atom is -0.390 e. The van der Waals surface area contributed by atoms with E-state index >= 15 is 0 Å². The maximum atomic E-state index is 12.7. The molecule has 51 heavy (non-hydrogen) atoms. The molecule has 1 unspecified atom stereocenters. The average molecular weight is 713 g/mol. The van der Waals surface area contributed by atoms with Gasteiger partial charge in [0.15, 0.2) is 6.29 Å². The number of likely N-dealkylation sites (tertiary alicyclic amines) is 1. The normalized spacial score (nSPS) is 52.0. The molecule has 0 aromatic heterocycles. The minimum atomic E-state index is -1.01. The van der Waals surface area contributed by atoms with E-state index in [1.54, 1.807) is 0 Å². The summed E-state index contributed by atoms with van der Waals surface area (Å²) in [6.07, 6.45) is 12.5. The molecule has 6 saturated carbocycles. The molecule has 3 saturated heterocycles. The van der Waals surface area contributed by atoms with E-state index in [1.807, 2.05) is 20.8 Å². The first-order valence-electron chi connectivity index (χ1n) is 21.5. The first-order valence-corrected chi connectivity index (χ1v) is 21.5. The molecule has 0 aromatic rings. The third-order valence-electron chi connectivity index (χ3n) is 18.5. The molecular weight excluding hydrogens is 640 g/mol. The van der Waals surface area contributed by atoms with Crippen LogP contribution in [-0.4, -0.2) is 114 Å². The van der Waals surface area contributed by atoms with Crippen LogP contribution in [0, 0.1) is 50.7 Å². The Hall–Kier alpha value is -0.320. The number of nitrogens with zero attached hydrogens (tertiary/aromatic N) is 2. The van der Waals surface area contributed by atoms with Crippen LogP contribution in [0.2, 0.25) is 0 Å². The zero-order valence-electron chi connectivity index (χ0n) is 33.4. The third-order valence-corrected chi connectivity index (χ3v) is 18.5. The topological polar surface area (TPSA) is 83.9 Å². The third kappa shape index (κ3) is 4.97. The smallest absolute Gasteiger partial charge is 0.170 e. The number of morpholine rings is 1. The molecule has 6 aliphatic carbocycles. The monoisotopic (exact) mass is 713 g/mol. The van der Waals surface area contributed by atoms with Gasteiger partial charge in [-0.3, -0.25) is 9.80 Å². The van der Waals surface area contributed by atoms with Crippen molar-refractivity contribution in [3.05, 3.63) is 0 Å². The molecule has 2 spiro atoms. The fourth-order valence-corrected chi connectivity index (χ4v) is 15.7. The summed E-state index contributed by atoms with van der Waals surface area (Å²) >= 11 is 0. The summed E-state index contributed by atoms with van der Waals surface area (Å²) in [6, 6.07) is 1.53. The van der Waals surface area contributed by atoms with E-state index in [2.05, 4.69) is 44.4 Å². The maximum absolute atomic E-state index is 12.7. The number of hydrogen-bond acceptors (Lipinski definition) is 8. The number of aliphatic hydroxyl groups excluding tert-OH is 1. The zero-order valence-corrected chi connectivity index (χ0v) is 33.4. The van der Waals surface area contributed by atoms with Crippen LogP contribution in [0.5, 0.6) is 0 Å². The lowest BCUT2D eigenvalue weighted by Crippen LogP contribution is -2.66. The highest BCUT2D eigenvalue weighted by molar-refractivity contribution is 5.33. The van der Waals surface area contributed by atoms with Crippen molar-refractivity contribution in [3.8, 4) is 0 Å². The zero-order chi connectivity index (χ0) is 35.9. The molecule has 0 radical (unpaired) electrons. The van der Waals surface area contributed by atoms with Gasteiger partial charge in [-0.25, -0.2) is 0 Å². The van der Waals surface area contributed by atoms with Crippen LogP contribution in [-0.2, 0) is 18.9 Å². The Kier molecular flexibility index (Phi) is 8.61. The number of rotatable bonds is 8. The number of aliphatic hydroxyl groups is 2. The predicted octanol–water partition coefficient (Wildman–Crippen LogP) is 6.26. The van der Waals surface area contributed by atoms with E-state index in [0.29, 0.717) is 47.2 Å². The van der Waals surface area contributed by atoms with Crippen LogP contribution in [0.3, 0.4) is 0 Å². The van der Waals surface area contributed by atoms with E-state index in [1.165, 1.54) is 70.9 Å². The van der Waals surface area contributed by atoms with E-state index in [-0.39, 0.29) is 40.8 Å². The van der Waals surface area contributed by atoms with Crippen molar-refractivity contribution in [1.82, 2.24) is 9.80 Å². The lowest BCUT2D eigenvalue weighted by atomic mass is 9.41. The van der Waals surface area contributed by atoms with Crippen LogP contribution >= 0.6 is 0 Å². The Morgan fingerprint density at radius 3 is 2.31 bits per heavy atom. The number of hydrogen-bond donors (Lipinski definition) is 2. The van der Waals surface area contributed by atoms with Crippen LogP contribution in [0.25, 0.3) is 0 Å². The van der Waals surface area contributed by atoms with Gasteiger partial charge in [-0.15, -0.1) is 0 Å². The lowest BCUT2D eigenvalue weighted by molar-refractivity contribution is -0.254. The molecule has 290 valence electrons. The van der Waals surface area contributed by atoms with E-state index in [9.17, 15) is 10.2 Å². The minimum absolute atomic E-state index is 0.0270. The largest absolute Gasteiger partial charge is 0.390 e. The number of ether oxygens (including phenoxy) is 4. The second-order valence-corrected chi connectivity index (χ2v) is 21.2. The molecule has 8 nitrogen and oxygen atoms in total. The summed E-state index contributed by atoms with van der Waals surface area (Å²) in [6.45, 7) is 23.9. The fourth-order valence-electron chi connectivity index (χ4n) is 15.7. The van der Waals surface area contributed by atoms with E-state index in [4.69, 9.17) is 18.9 Å². The van der Waals surface area contributed by atoms with Crippen molar-refractivity contribution in [1.29, 1.82) is 0 Å². The first-order chi connectivity index (χ1) is 24.1. The van der Waals surface area contributed by atoms with Crippen LogP contribution < -0.4 is 0 Å². The predicted molar refractivity (Wildman–Crippen MR) is 197 cm³/mol. The molecule has 0 amide bonds. The van der Waals surface area contributed by atoms with Gasteiger partial charge in [0.25, 0.3) is 0 Å². The Morgan fingerprint density at radius 1 is 0.902 bits per heavy atom. The van der Waals surface area contributed by atoms with E-state index in [0.717, 1.165) is 38.6 Å². The summed E-state index contributed by atoms with van der Waals surface area (Å²) in [4.78, 5) is 5.37. The Bertz CT molecular complexity index is 1330. The van der Waals surface area contributed by atoms with Crippen molar-refractivity contribution in [2.24, 2.45) is 50.7 Å². The average Bonchev–Trinajstić information content (AvgIpc) is 3.66. The Morgan fingerprint density at radius 2 is 1.63 bits per heavy atom. The Balaban J connectivity index is 0.906. The van der Waals surface area contributed by atoms with Gasteiger partial charge in [0.2, 0.25) is 0 Å². The molecule has 3 aliphatic heterocycles. The summed E-state index contributed by atoms with van der Waals surface area (Å²) in [7, 11) is 0. The van der Waals surface area contributed by atoms with Crippen molar-refractivity contribution in [3.63, 3.8) is 0 Å². The van der Waals surface area contributed by atoms with Gasteiger partial charge in [-0.1, -0.05) is 41.0 Å². The summed E-state index contributed by atoms with van der Waals surface area (Å²) in [5.74, 6) is 1.88. The highest BCUT2D eigenvalue weighted by Gasteiger charge is 2.84. The molecule has 0 bridgehead atoms. The fraction of sp³-hybridized carbons (Fsp3) is 1.00. The van der Waals surface area contributed by atoms with Crippen molar-refractivity contribution in [2.75, 3.05) is 39.4 Å². The molecule has 3 heterocycles. The molecular formula is C43H72N2O6. The standard InChI is InChI=1S/C43H72N2O6/c1-9-48-37(39(5,6)47)29-21-26(2)34-35(50-29)36(46)41(8)31-14-13-30-38(3,4)32(15-16-42(30)25-43(31,42)18-17-40(34,41)7)51-33-24-44(19-20-49-33)28-22-45(23-28)27-11-10-12-27/h26-37,46-47H,9-25H2,1-8H3/t26-,29-,30+,31+,32+,33+,34+,35+,36+,37+,40-,41-,42?,43+/m1/s1. The first kappa shape index (κ1) is 36.3. The van der Waals surface area contributed by atoms with Gasteiger partial charge in [0, 0.05) is 50.3 Å². The molecule has 9 fully saturated rings. The van der Waals surface area contributed by atoms with Gasteiger partial charge < -0.3 is 29.2 Å². The maximum Gasteiger partial charge on any atom is 0.170 e. The molecule has 9 aliphatic rings. The van der Waals surface area contributed by atoms with E-state index < -0.39 is 17.8 Å². The van der Waals surface area contributed by atoms with Crippen LogP contribution in [0.1, 0.15) is 126 Å². The summed E-state index contributed by atoms with van der Waals surface area (Å²) < 4.78 is 26.5. The summed E-state index contributed by atoms with van der Waals surface area (Å²) in [5.41, 5.74) is -0.399. The van der Waals surface area contributed by atoms with Crippen molar-refractivity contribution < 1.29 is 29.2 Å². The van der Waals surface area contributed by atoms with Gasteiger partial charge in [-0.2, -0.15) is 0 Å². The van der Waals surface area contributed by atoms with Gasteiger partial charge >= 0.3 is 0 Å². The molecule has 0 aromatic carbocycles. The SMILES string of the molecule is CCO[C@@H]([C@H]1C[C@@H](C)[C@H]2[C@H](O1)[C@H](O)[C@@]1(C)[C@@H]3CC[C@H]4C(C)(C)[C@@H](O[C@H]5CN(C6CN(C7CCC7)C6)CCO5)CCC45C[C@@]35CC[C@]21C)C(C)(C)O. The van der Waals surface area contributed by atoms with Gasteiger partial charge in [-0.05, 0) is 130 Å². The Labute approximate surface area is 309 Å². The molecule has 2 N–H and O–H groups in total. The quantitative estimate of drug-likeness (QED) is 0.306. The summed E-state index contributed by atoms with van der Waals surface area (Å²) in [5, 5.41) is 23.8. The van der Waals surface area contributed by atoms with Gasteiger partial charge in [0.05, 0.1) is 36.6 Å². The highest BCUT2D eigenvalue weighted by Crippen LogP contribution is 2.89. The molecule has 8 heteroatoms.